The summed E-state index contributed by atoms with van der Waals surface area (Å²) >= 11 is 0. The summed E-state index contributed by atoms with van der Waals surface area (Å²) in [6, 6.07) is -0.702. The van der Waals surface area contributed by atoms with E-state index in [1.54, 1.807) is 11.8 Å². The van der Waals surface area contributed by atoms with Crippen molar-refractivity contribution in [3.8, 4) is 0 Å². The lowest BCUT2D eigenvalue weighted by molar-refractivity contribution is -0.153. The molecule has 0 aromatic carbocycles. The van der Waals surface area contributed by atoms with Gasteiger partial charge >= 0.3 is 0 Å². The fourth-order valence-electron chi connectivity index (χ4n) is 2.51. The lowest BCUT2D eigenvalue weighted by atomic mass is 9.83. The van der Waals surface area contributed by atoms with Crippen molar-refractivity contribution in [2.45, 2.75) is 52.6 Å². The van der Waals surface area contributed by atoms with Crippen LogP contribution in [-0.2, 0) is 9.59 Å². The minimum absolute atomic E-state index is 0.00903. The Labute approximate surface area is 103 Å². The van der Waals surface area contributed by atoms with Crippen LogP contribution in [0, 0.1) is 11.3 Å². The Balaban J connectivity index is 2.23. The summed E-state index contributed by atoms with van der Waals surface area (Å²) in [5.41, 5.74) is -0.214. The van der Waals surface area contributed by atoms with E-state index in [0.717, 1.165) is 6.54 Å². The van der Waals surface area contributed by atoms with Gasteiger partial charge in [0.2, 0.25) is 11.8 Å². The molecule has 0 aromatic rings. The van der Waals surface area contributed by atoms with Crippen molar-refractivity contribution in [1.29, 1.82) is 0 Å². The van der Waals surface area contributed by atoms with Crippen LogP contribution in [0.15, 0.2) is 0 Å². The third-order valence-electron chi connectivity index (χ3n) is 3.54. The number of piperazine rings is 1. The van der Waals surface area contributed by atoms with Crippen molar-refractivity contribution in [2.24, 2.45) is 11.3 Å². The van der Waals surface area contributed by atoms with Gasteiger partial charge in [-0.15, -0.1) is 0 Å². The van der Waals surface area contributed by atoms with Gasteiger partial charge in [-0.1, -0.05) is 20.8 Å². The molecule has 2 atom stereocenters. The second kappa shape index (κ2) is 4.00. The Hall–Kier alpha value is -1.06. The van der Waals surface area contributed by atoms with E-state index >= 15 is 0 Å². The van der Waals surface area contributed by atoms with E-state index in [2.05, 4.69) is 5.32 Å². The van der Waals surface area contributed by atoms with E-state index in [9.17, 15) is 9.59 Å². The predicted molar refractivity (Wildman–Crippen MR) is 65.3 cm³/mol. The summed E-state index contributed by atoms with van der Waals surface area (Å²) in [4.78, 5) is 26.1. The molecule has 2 rings (SSSR count). The molecular formula is C13H22N2O2. The lowest BCUT2D eigenvalue weighted by Gasteiger charge is -2.44. The molecule has 2 aliphatic rings. The Bertz CT molecular complexity index is 342. The van der Waals surface area contributed by atoms with Crippen LogP contribution in [-0.4, -0.2) is 35.3 Å². The van der Waals surface area contributed by atoms with Gasteiger partial charge in [-0.2, -0.15) is 0 Å². The van der Waals surface area contributed by atoms with Gasteiger partial charge in [0.25, 0.3) is 0 Å². The summed E-state index contributed by atoms with van der Waals surface area (Å²) in [7, 11) is 0. The second-order valence-corrected chi connectivity index (χ2v) is 6.43. The summed E-state index contributed by atoms with van der Waals surface area (Å²) in [6.45, 7) is 8.55. The highest BCUT2D eigenvalue weighted by molar-refractivity contribution is 5.97. The zero-order valence-corrected chi connectivity index (χ0v) is 11.1. The number of amides is 2. The van der Waals surface area contributed by atoms with Crippen molar-refractivity contribution in [1.82, 2.24) is 10.2 Å². The Morgan fingerprint density at radius 3 is 2.35 bits per heavy atom. The quantitative estimate of drug-likeness (QED) is 0.784. The smallest absolute Gasteiger partial charge is 0.245 e. The van der Waals surface area contributed by atoms with E-state index in [4.69, 9.17) is 0 Å². The summed E-state index contributed by atoms with van der Waals surface area (Å²) < 4.78 is 0. The van der Waals surface area contributed by atoms with Crippen LogP contribution in [0.2, 0.25) is 0 Å². The van der Waals surface area contributed by atoms with Gasteiger partial charge in [0, 0.05) is 6.54 Å². The maximum Gasteiger partial charge on any atom is 0.245 e. The first-order valence-corrected chi connectivity index (χ1v) is 6.41. The first-order chi connectivity index (χ1) is 7.80. The number of carbonyl (C=O) groups excluding carboxylic acids is 2. The standard InChI is InChI=1S/C13H22N2O2/c1-8-12(17)15(7-9-5-6-9)10(11(16)14-8)13(2,3)4/h8-10H,5-7H2,1-4H3,(H,14,16). The third kappa shape index (κ3) is 2.45. The average Bonchev–Trinajstić information content (AvgIpc) is 2.95. The highest BCUT2D eigenvalue weighted by Gasteiger charge is 2.46. The van der Waals surface area contributed by atoms with Crippen molar-refractivity contribution < 1.29 is 9.59 Å². The summed E-state index contributed by atoms with van der Waals surface area (Å²) in [5.74, 6) is 0.670. The molecule has 1 saturated carbocycles. The molecule has 1 N–H and O–H groups in total. The molecule has 0 spiro atoms. The minimum atomic E-state index is -0.375. The Kier molecular flexibility index (Phi) is 2.92. The molecule has 0 radical (unpaired) electrons. The van der Waals surface area contributed by atoms with Crippen molar-refractivity contribution >= 4 is 11.8 Å². The van der Waals surface area contributed by atoms with Crippen LogP contribution in [0.3, 0.4) is 0 Å². The van der Waals surface area contributed by atoms with Crippen molar-refractivity contribution in [3.05, 3.63) is 0 Å². The highest BCUT2D eigenvalue weighted by Crippen LogP contribution is 2.34. The van der Waals surface area contributed by atoms with E-state index in [1.165, 1.54) is 12.8 Å². The van der Waals surface area contributed by atoms with Crippen molar-refractivity contribution in [2.75, 3.05) is 6.54 Å². The summed E-state index contributed by atoms with van der Waals surface area (Å²) in [6.07, 6.45) is 2.38. The molecule has 2 amide bonds. The van der Waals surface area contributed by atoms with Gasteiger partial charge in [-0.3, -0.25) is 9.59 Å². The monoisotopic (exact) mass is 238 g/mol. The molecule has 2 fully saturated rings. The van der Waals surface area contributed by atoms with Crippen LogP contribution in [0.25, 0.3) is 0 Å². The van der Waals surface area contributed by atoms with Crippen LogP contribution in [0.1, 0.15) is 40.5 Å². The van der Waals surface area contributed by atoms with E-state index in [0.29, 0.717) is 5.92 Å². The van der Waals surface area contributed by atoms with E-state index < -0.39 is 0 Å². The van der Waals surface area contributed by atoms with Crippen LogP contribution in [0.5, 0.6) is 0 Å². The first-order valence-electron chi connectivity index (χ1n) is 6.41. The number of rotatable bonds is 2. The summed E-state index contributed by atoms with van der Waals surface area (Å²) in [5, 5.41) is 2.78. The van der Waals surface area contributed by atoms with Crippen LogP contribution < -0.4 is 5.32 Å². The SMILES string of the molecule is CC1NC(=O)C(C(C)(C)C)N(CC2CC2)C1=O. The molecule has 17 heavy (non-hydrogen) atoms. The van der Waals surface area contributed by atoms with Crippen molar-refractivity contribution in [3.63, 3.8) is 0 Å². The topological polar surface area (TPSA) is 49.4 Å². The zero-order chi connectivity index (χ0) is 12.8. The molecule has 4 nitrogen and oxygen atoms in total. The minimum Gasteiger partial charge on any atom is -0.343 e. The molecule has 4 heteroatoms. The largest absolute Gasteiger partial charge is 0.343 e. The maximum atomic E-state index is 12.2. The number of hydrogen-bond acceptors (Lipinski definition) is 2. The zero-order valence-electron chi connectivity index (χ0n) is 11.1. The normalized spacial score (nSPS) is 30.5. The molecule has 96 valence electrons. The van der Waals surface area contributed by atoms with Crippen LogP contribution in [0.4, 0.5) is 0 Å². The first kappa shape index (κ1) is 12.4. The fraction of sp³-hybridized carbons (Fsp3) is 0.846. The molecule has 2 unspecified atom stereocenters. The average molecular weight is 238 g/mol. The van der Waals surface area contributed by atoms with Gasteiger partial charge in [0.1, 0.15) is 12.1 Å². The van der Waals surface area contributed by atoms with Gasteiger partial charge in [-0.05, 0) is 31.1 Å². The molecule has 1 heterocycles. The molecule has 1 aliphatic carbocycles. The molecule has 0 bridgehead atoms. The lowest BCUT2D eigenvalue weighted by Crippen LogP contribution is -2.66. The van der Waals surface area contributed by atoms with Crippen LogP contribution >= 0.6 is 0 Å². The fourth-order valence-corrected chi connectivity index (χ4v) is 2.51. The predicted octanol–water partition coefficient (Wildman–Crippen LogP) is 1.16. The number of carbonyl (C=O) groups is 2. The number of nitrogens with one attached hydrogen (secondary N) is 1. The van der Waals surface area contributed by atoms with Gasteiger partial charge in [0.15, 0.2) is 0 Å². The van der Waals surface area contributed by atoms with Gasteiger partial charge in [0.05, 0.1) is 0 Å². The Morgan fingerprint density at radius 2 is 1.88 bits per heavy atom. The Morgan fingerprint density at radius 1 is 1.29 bits per heavy atom. The molecular weight excluding hydrogens is 216 g/mol. The van der Waals surface area contributed by atoms with Gasteiger partial charge in [-0.25, -0.2) is 0 Å². The molecule has 0 aromatic heterocycles. The number of nitrogens with zero attached hydrogens (tertiary/aromatic N) is 1. The van der Waals surface area contributed by atoms with E-state index in [-0.39, 0.29) is 29.3 Å². The molecule has 1 saturated heterocycles. The van der Waals surface area contributed by atoms with Gasteiger partial charge < -0.3 is 10.2 Å². The molecule has 1 aliphatic heterocycles. The third-order valence-corrected chi connectivity index (χ3v) is 3.54. The maximum absolute atomic E-state index is 12.2. The van der Waals surface area contributed by atoms with E-state index in [1.807, 2.05) is 20.8 Å². The highest BCUT2D eigenvalue weighted by atomic mass is 16.2. The second-order valence-electron chi connectivity index (χ2n) is 6.43. The number of hydrogen-bond donors (Lipinski definition) is 1.